The van der Waals surface area contributed by atoms with Crippen molar-refractivity contribution in [1.29, 1.82) is 0 Å². The van der Waals surface area contributed by atoms with Crippen LogP contribution in [0.5, 0.6) is 0 Å². The molecule has 1 aromatic heterocycles. The third-order valence-corrected chi connectivity index (χ3v) is 3.97. The van der Waals surface area contributed by atoms with Crippen LogP contribution in [0.4, 0.5) is 0 Å². The van der Waals surface area contributed by atoms with Crippen molar-refractivity contribution in [1.82, 2.24) is 0 Å². The fourth-order valence-electron chi connectivity index (χ4n) is 2.56. The number of rotatable bonds is 12. The van der Waals surface area contributed by atoms with E-state index < -0.39 is 0 Å². The molecule has 1 aromatic rings. The van der Waals surface area contributed by atoms with Crippen LogP contribution in [0.1, 0.15) is 76.7 Å². The van der Waals surface area contributed by atoms with Gasteiger partial charge in [-0.2, -0.15) is 0 Å². The number of nitrogens with two attached hydrogens (primary N) is 1. The zero-order chi connectivity index (χ0) is 14.5. The van der Waals surface area contributed by atoms with Crippen molar-refractivity contribution >= 4 is 0 Å². The van der Waals surface area contributed by atoms with E-state index in [4.69, 9.17) is 5.73 Å². The molecule has 1 rings (SSSR count). The molecule has 2 nitrogen and oxygen atoms in total. The topological polar surface area (TPSA) is 29.9 Å². The Kier molecular flexibility index (Phi) is 10.2. The number of pyridine rings is 1. The van der Waals surface area contributed by atoms with Gasteiger partial charge < -0.3 is 5.73 Å². The van der Waals surface area contributed by atoms with E-state index in [2.05, 4.69) is 36.0 Å². The number of aromatic nitrogens is 1. The van der Waals surface area contributed by atoms with Gasteiger partial charge in [0.25, 0.3) is 0 Å². The summed E-state index contributed by atoms with van der Waals surface area (Å²) in [5, 5.41) is 0. The van der Waals surface area contributed by atoms with E-state index in [0.717, 1.165) is 6.54 Å². The highest BCUT2D eigenvalue weighted by Crippen LogP contribution is 2.10. The zero-order valence-corrected chi connectivity index (χ0v) is 13.3. The Hall–Kier alpha value is -0.890. The summed E-state index contributed by atoms with van der Waals surface area (Å²) >= 11 is 0. The van der Waals surface area contributed by atoms with E-state index in [1.54, 1.807) is 0 Å². The van der Waals surface area contributed by atoms with Gasteiger partial charge in [-0.3, -0.25) is 0 Å². The standard InChI is InChI=1S/C18H33N2/c1-2-3-4-5-6-7-8-9-10-11-14-20-15-12-18(17-19)13-16-20/h12-13,15-16H,2-11,14,17,19H2,1H3/q+1. The second kappa shape index (κ2) is 11.9. The Morgan fingerprint density at radius 3 is 1.80 bits per heavy atom. The van der Waals surface area contributed by atoms with E-state index in [1.807, 2.05) is 0 Å². The van der Waals surface area contributed by atoms with Crippen LogP contribution in [0.2, 0.25) is 0 Å². The summed E-state index contributed by atoms with van der Waals surface area (Å²) in [6, 6.07) is 4.24. The Morgan fingerprint density at radius 2 is 1.30 bits per heavy atom. The summed E-state index contributed by atoms with van der Waals surface area (Å²) < 4.78 is 2.27. The van der Waals surface area contributed by atoms with Crippen molar-refractivity contribution in [3.8, 4) is 0 Å². The lowest BCUT2D eigenvalue weighted by atomic mass is 10.1. The maximum Gasteiger partial charge on any atom is 0.169 e. The Balaban J connectivity index is 1.91. The Bertz CT molecular complexity index is 319. The number of nitrogens with zero attached hydrogens (tertiary/aromatic N) is 1. The Morgan fingerprint density at radius 1 is 0.800 bits per heavy atom. The molecule has 0 aliphatic carbocycles. The van der Waals surface area contributed by atoms with Gasteiger partial charge in [0.05, 0.1) is 0 Å². The van der Waals surface area contributed by atoms with Crippen molar-refractivity contribution in [3.05, 3.63) is 30.1 Å². The van der Waals surface area contributed by atoms with Gasteiger partial charge >= 0.3 is 0 Å². The van der Waals surface area contributed by atoms with Gasteiger partial charge in [0.15, 0.2) is 12.4 Å². The van der Waals surface area contributed by atoms with Gasteiger partial charge in [0.2, 0.25) is 0 Å². The minimum absolute atomic E-state index is 0.638. The molecule has 0 fully saturated rings. The predicted molar refractivity (Wildman–Crippen MR) is 86.4 cm³/mol. The minimum atomic E-state index is 0.638. The minimum Gasteiger partial charge on any atom is -0.326 e. The molecule has 0 saturated heterocycles. The summed E-state index contributed by atoms with van der Waals surface area (Å²) in [6.07, 6.45) is 18.3. The fraction of sp³-hybridized carbons (Fsp3) is 0.722. The van der Waals surface area contributed by atoms with Gasteiger partial charge in [0, 0.05) is 25.1 Å². The summed E-state index contributed by atoms with van der Waals surface area (Å²) in [5.74, 6) is 0. The van der Waals surface area contributed by atoms with E-state index in [0.29, 0.717) is 6.54 Å². The molecule has 0 bridgehead atoms. The molecular weight excluding hydrogens is 244 g/mol. The van der Waals surface area contributed by atoms with Crippen LogP contribution in [0, 0.1) is 0 Å². The molecule has 0 aliphatic rings. The monoisotopic (exact) mass is 277 g/mol. The summed E-state index contributed by atoms with van der Waals surface area (Å²) in [7, 11) is 0. The lowest BCUT2D eigenvalue weighted by Gasteiger charge is -2.01. The smallest absolute Gasteiger partial charge is 0.169 e. The van der Waals surface area contributed by atoms with Crippen molar-refractivity contribution < 1.29 is 4.57 Å². The second-order valence-electron chi connectivity index (χ2n) is 5.83. The third-order valence-electron chi connectivity index (χ3n) is 3.97. The molecule has 1 heterocycles. The molecule has 2 heteroatoms. The van der Waals surface area contributed by atoms with Gasteiger partial charge in [0.1, 0.15) is 6.54 Å². The predicted octanol–water partition coefficient (Wildman–Crippen LogP) is 4.35. The first-order chi connectivity index (χ1) is 9.86. The van der Waals surface area contributed by atoms with Gasteiger partial charge in [-0.15, -0.1) is 0 Å². The molecule has 0 unspecified atom stereocenters. The normalized spacial score (nSPS) is 10.9. The van der Waals surface area contributed by atoms with Crippen LogP contribution in [0.3, 0.4) is 0 Å². The summed E-state index contributed by atoms with van der Waals surface area (Å²) in [5.41, 5.74) is 6.81. The quantitative estimate of drug-likeness (QED) is 0.446. The number of aryl methyl sites for hydroxylation is 1. The molecule has 0 amide bonds. The maximum atomic E-state index is 5.60. The number of hydrogen-bond donors (Lipinski definition) is 1. The van der Waals surface area contributed by atoms with E-state index in [1.165, 1.54) is 69.8 Å². The van der Waals surface area contributed by atoms with E-state index in [9.17, 15) is 0 Å². The molecule has 20 heavy (non-hydrogen) atoms. The fourth-order valence-corrected chi connectivity index (χ4v) is 2.56. The highest BCUT2D eigenvalue weighted by molar-refractivity contribution is 5.05. The SMILES string of the molecule is CCCCCCCCCCCC[n+]1ccc(CN)cc1. The Labute approximate surface area is 125 Å². The van der Waals surface area contributed by atoms with E-state index in [-0.39, 0.29) is 0 Å². The van der Waals surface area contributed by atoms with Gasteiger partial charge in [-0.1, -0.05) is 58.3 Å². The van der Waals surface area contributed by atoms with Crippen molar-refractivity contribution in [3.63, 3.8) is 0 Å². The average molecular weight is 277 g/mol. The second-order valence-corrected chi connectivity index (χ2v) is 5.83. The average Bonchev–Trinajstić information content (AvgIpc) is 2.50. The molecule has 0 aliphatic heterocycles. The van der Waals surface area contributed by atoms with Crippen LogP contribution in [0.15, 0.2) is 24.5 Å². The highest BCUT2D eigenvalue weighted by Gasteiger charge is 2.00. The largest absolute Gasteiger partial charge is 0.326 e. The van der Waals surface area contributed by atoms with Crippen LogP contribution >= 0.6 is 0 Å². The molecule has 0 atom stereocenters. The van der Waals surface area contributed by atoms with Crippen LogP contribution < -0.4 is 10.3 Å². The molecule has 0 aromatic carbocycles. The first kappa shape index (κ1) is 17.2. The first-order valence-electron chi connectivity index (χ1n) is 8.55. The molecule has 0 radical (unpaired) electrons. The maximum absolute atomic E-state index is 5.60. The first-order valence-corrected chi connectivity index (χ1v) is 8.55. The summed E-state index contributed by atoms with van der Waals surface area (Å²) in [6.45, 7) is 4.06. The summed E-state index contributed by atoms with van der Waals surface area (Å²) in [4.78, 5) is 0. The molecule has 0 saturated carbocycles. The van der Waals surface area contributed by atoms with Gasteiger partial charge in [-0.25, -0.2) is 4.57 Å². The lowest BCUT2D eigenvalue weighted by Crippen LogP contribution is -2.32. The van der Waals surface area contributed by atoms with Gasteiger partial charge in [-0.05, 0) is 12.0 Å². The zero-order valence-electron chi connectivity index (χ0n) is 13.3. The van der Waals surface area contributed by atoms with E-state index >= 15 is 0 Å². The van der Waals surface area contributed by atoms with Crippen LogP contribution in [0.25, 0.3) is 0 Å². The number of unbranched alkanes of at least 4 members (excludes halogenated alkanes) is 9. The van der Waals surface area contributed by atoms with Crippen molar-refractivity contribution in [2.24, 2.45) is 5.73 Å². The van der Waals surface area contributed by atoms with Crippen LogP contribution in [-0.4, -0.2) is 0 Å². The highest BCUT2D eigenvalue weighted by atomic mass is 14.9. The number of hydrogen-bond acceptors (Lipinski definition) is 1. The lowest BCUT2D eigenvalue weighted by molar-refractivity contribution is -0.697. The van der Waals surface area contributed by atoms with Crippen molar-refractivity contribution in [2.45, 2.75) is 84.2 Å². The van der Waals surface area contributed by atoms with Crippen molar-refractivity contribution in [2.75, 3.05) is 0 Å². The molecule has 2 N–H and O–H groups in total. The molecule has 0 spiro atoms. The molecule has 114 valence electrons. The van der Waals surface area contributed by atoms with Crippen LogP contribution in [-0.2, 0) is 13.1 Å². The molecular formula is C18H33N2+. The third kappa shape index (κ3) is 8.31.